The lowest BCUT2D eigenvalue weighted by Crippen LogP contribution is -2.44. The minimum absolute atomic E-state index is 0.136. The van der Waals surface area contributed by atoms with E-state index < -0.39 is 12.3 Å². The Labute approximate surface area is 255 Å². The second-order valence-electron chi connectivity index (χ2n) is 11.4. The van der Waals surface area contributed by atoms with Crippen molar-refractivity contribution in [2.75, 3.05) is 13.1 Å². The molecular weight excluding hydrogens is 568 g/mol. The van der Waals surface area contributed by atoms with Crippen molar-refractivity contribution >= 4 is 11.6 Å². The Morgan fingerprint density at radius 1 is 1.05 bits per heavy atom. The summed E-state index contributed by atoms with van der Waals surface area (Å²) >= 11 is 6.90. The van der Waals surface area contributed by atoms with E-state index in [1.165, 1.54) is 23.4 Å². The molecule has 6 rings (SSSR count). The average Bonchev–Trinajstić information content (AvgIpc) is 3.43. The Hall–Kier alpha value is -3.83. The predicted molar refractivity (Wildman–Crippen MR) is 162 cm³/mol. The molecule has 1 fully saturated rings. The smallest absolute Gasteiger partial charge is 0.139 e. The van der Waals surface area contributed by atoms with E-state index in [0.717, 1.165) is 35.1 Å². The summed E-state index contributed by atoms with van der Waals surface area (Å²) in [7, 11) is 0. The number of nitriles is 1. The van der Waals surface area contributed by atoms with Crippen LogP contribution >= 0.6 is 11.6 Å². The number of hydrogen-bond acceptors (Lipinski definition) is 5. The Morgan fingerprint density at radius 3 is 2.70 bits per heavy atom. The van der Waals surface area contributed by atoms with Crippen molar-refractivity contribution < 1.29 is 18.6 Å². The molecule has 43 heavy (non-hydrogen) atoms. The van der Waals surface area contributed by atoms with E-state index in [4.69, 9.17) is 16.3 Å². The first kappa shape index (κ1) is 29.3. The SMILES string of the molecule is N#Cc1cncc(COc2cc(C[C@H]3CCc4c(-c5ccccc5F)cccc43)c(Cl)cc2CN2CCC(O)[C@@H](F)C2)c1. The molecule has 1 aliphatic heterocycles. The van der Waals surface area contributed by atoms with E-state index in [-0.39, 0.29) is 24.9 Å². The molecule has 1 N–H and O–H groups in total. The summed E-state index contributed by atoms with van der Waals surface area (Å²) in [5, 5.41) is 19.7. The van der Waals surface area contributed by atoms with Gasteiger partial charge in [0.2, 0.25) is 0 Å². The second-order valence-corrected chi connectivity index (χ2v) is 11.8. The molecule has 3 aromatic carbocycles. The van der Waals surface area contributed by atoms with E-state index in [2.05, 4.69) is 17.1 Å². The van der Waals surface area contributed by atoms with Crippen LogP contribution < -0.4 is 4.74 Å². The molecular formula is C35H32ClF2N3O2. The monoisotopic (exact) mass is 599 g/mol. The Morgan fingerprint density at radius 2 is 1.88 bits per heavy atom. The molecule has 8 heteroatoms. The van der Waals surface area contributed by atoms with Crippen molar-refractivity contribution in [1.82, 2.24) is 9.88 Å². The first-order chi connectivity index (χ1) is 20.9. The fourth-order valence-electron chi connectivity index (χ4n) is 6.33. The maximum atomic E-state index is 14.7. The van der Waals surface area contributed by atoms with Crippen molar-refractivity contribution in [2.24, 2.45) is 0 Å². The van der Waals surface area contributed by atoms with Gasteiger partial charge in [0.05, 0.1) is 11.7 Å². The lowest BCUT2D eigenvalue weighted by Gasteiger charge is -2.32. The molecule has 1 aliphatic carbocycles. The van der Waals surface area contributed by atoms with Gasteiger partial charge >= 0.3 is 0 Å². The first-order valence-corrected chi connectivity index (χ1v) is 15.0. The number of piperidine rings is 1. The third-order valence-corrected chi connectivity index (χ3v) is 8.91. The number of hydrogen-bond donors (Lipinski definition) is 1. The number of alkyl halides is 1. The van der Waals surface area contributed by atoms with Crippen LogP contribution in [0, 0.1) is 17.1 Å². The fourth-order valence-corrected chi connectivity index (χ4v) is 6.59. The molecule has 4 aromatic rings. The Balaban J connectivity index is 1.28. The standard InChI is InChI=1S/C35H32ClF2N3O2/c36-31-14-26(19-41-11-10-34(42)33(38)20-41)35(43-21-23-12-22(16-39)17-40-18-23)15-25(31)13-24-8-9-29-27(24)5-3-6-28(29)30-4-1-2-7-32(30)37/h1-7,12,14-15,17-18,24,33-34,42H,8-11,13,19-21H2/t24-,33+,34?/m1/s1. The van der Waals surface area contributed by atoms with Gasteiger partial charge in [-0.1, -0.05) is 48.0 Å². The highest BCUT2D eigenvalue weighted by molar-refractivity contribution is 6.31. The molecule has 2 aliphatic rings. The van der Waals surface area contributed by atoms with Gasteiger partial charge in [-0.2, -0.15) is 5.26 Å². The van der Waals surface area contributed by atoms with Crippen LogP contribution in [-0.4, -0.2) is 40.4 Å². The van der Waals surface area contributed by atoms with Crippen LogP contribution in [0.15, 0.2) is 73.1 Å². The van der Waals surface area contributed by atoms with Gasteiger partial charge in [0.1, 0.15) is 30.4 Å². The van der Waals surface area contributed by atoms with Gasteiger partial charge in [-0.05, 0) is 78.1 Å². The zero-order valence-electron chi connectivity index (χ0n) is 23.6. The number of aliphatic hydroxyl groups is 1. The lowest BCUT2D eigenvalue weighted by molar-refractivity contribution is 0.00369. The van der Waals surface area contributed by atoms with Gasteiger partial charge in [-0.3, -0.25) is 9.88 Å². The summed E-state index contributed by atoms with van der Waals surface area (Å²) in [5.41, 5.74) is 6.93. The highest BCUT2D eigenvalue weighted by Gasteiger charge is 2.29. The third-order valence-electron chi connectivity index (χ3n) is 8.56. The second kappa shape index (κ2) is 12.8. The van der Waals surface area contributed by atoms with E-state index in [0.29, 0.717) is 47.8 Å². The molecule has 0 bridgehead atoms. The van der Waals surface area contributed by atoms with Crippen molar-refractivity contribution in [3.05, 3.63) is 117 Å². The van der Waals surface area contributed by atoms with Crippen LogP contribution in [0.3, 0.4) is 0 Å². The molecule has 220 valence electrons. The number of pyridine rings is 1. The van der Waals surface area contributed by atoms with Crippen molar-refractivity contribution in [3.8, 4) is 22.9 Å². The minimum atomic E-state index is -1.30. The summed E-state index contributed by atoms with van der Waals surface area (Å²) in [6.07, 6.45) is 3.77. The van der Waals surface area contributed by atoms with Gasteiger partial charge < -0.3 is 9.84 Å². The van der Waals surface area contributed by atoms with Gasteiger partial charge in [0.15, 0.2) is 0 Å². The average molecular weight is 600 g/mol. The van der Waals surface area contributed by atoms with E-state index >= 15 is 0 Å². The van der Waals surface area contributed by atoms with E-state index in [1.807, 2.05) is 41.3 Å². The summed E-state index contributed by atoms with van der Waals surface area (Å²) in [6, 6.07) is 20.7. The predicted octanol–water partition coefficient (Wildman–Crippen LogP) is 7.17. The lowest BCUT2D eigenvalue weighted by atomic mass is 9.90. The van der Waals surface area contributed by atoms with E-state index in [9.17, 15) is 19.1 Å². The molecule has 0 spiro atoms. The number of fused-ring (bicyclic) bond motifs is 1. The Bertz CT molecular complexity index is 1670. The first-order valence-electron chi connectivity index (χ1n) is 14.6. The normalized spacial score (nSPS) is 20.0. The van der Waals surface area contributed by atoms with Crippen LogP contribution in [0.2, 0.25) is 5.02 Å². The molecule has 2 heterocycles. The van der Waals surface area contributed by atoms with Crippen molar-refractivity contribution in [2.45, 2.75) is 57.0 Å². The van der Waals surface area contributed by atoms with Gasteiger partial charge in [-0.25, -0.2) is 8.78 Å². The number of halogens is 3. The van der Waals surface area contributed by atoms with Crippen LogP contribution in [0.4, 0.5) is 8.78 Å². The summed E-state index contributed by atoms with van der Waals surface area (Å²) < 4.78 is 35.3. The molecule has 1 aromatic heterocycles. The fraction of sp³-hybridized carbons (Fsp3) is 0.314. The van der Waals surface area contributed by atoms with Crippen LogP contribution in [-0.2, 0) is 26.0 Å². The molecule has 5 nitrogen and oxygen atoms in total. The molecule has 1 saturated heterocycles. The number of aromatic nitrogens is 1. The van der Waals surface area contributed by atoms with E-state index in [1.54, 1.807) is 18.3 Å². The number of ether oxygens (including phenoxy) is 1. The molecule has 0 saturated carbocycles. The highest BCUT2D eigenvalue weighted by atomic mass is 35.5. The molecule has 0 radical (unpaired) electrons. The van der Waals surface area contributed by atoms with Gasteiger partial charge in [-0.15, -0.1) is 0 Å². The topological polar surface area (TPSA) is 69.4 Å². The number of likely N-dealkylation sites (tertiary alicyclic amines) is 1. The van der Waals surface area contributed by atoms with Crippen molar-refractivity contribution in [3.63, 3.8) is 0 Å². The number of benzene rings is 3. The zero-order chi connectivity index (χ0) is 29.9. The van der Waals surface area contributed by atoms with Crippen LogP contribution in [0.5, 0.6) is 5.75 Å². The van der Waals surface area contributed by atoms with Gasteiger partial charge in [0, 0.05) is 53.7 Å². The summed E-state index contributed by atoms with van der Waals surface area (Å²) in [4.78, 5) is 6.10. The third kappa shape index (κ3) is 6.42. The largest absolute Gasteiger partial charge is 0.489 e. The number of nitrogens with zero attached hydrogens (tertiary/aromatic N) is 3. The number of aliphatic hydroxyl groups excluding tert-OH is 1. The maximum Gasteiger partial charge on any atom is 0.139 e. The Kier molecular flexibility index (Phi) is 8.71. The van der Waals surface area contributed by atoms with Crippen molar-refractivity contribution in [1.29, 1.82) is 5.26 Å². The highest BCUT2D eigenvalue weighted by Crippen LogP contribution is 2.42. The minimum Gasteiger partial charge on any atom is -0.489 e. The summed E-state index contributed by atoms with van der Waals surface area (Å²) in [5.74, 6) is 0.629. The molecule has 0 amide bonds. The number of rotatable bonds is 8. The molecule has 1 unspecified atom stereocenters. The van der Waals surface area contributed by atoms with Gasteiger partial charge in [0.25, 0.3) is 0 Å². The van der Waals surface area contributed by atoms with Crippen LogP contribution in [0.25, 0.3) is 11.1 Å². The van der Waals surface area contributed by atoms with Crippen LogP contribution in [0.1, 0.15) is 52.1 Å². The summed E-state index contributed by atoms with van der Waals surface area (Å²) in [6.45, 7) is 1.34. The molecule has 3 atom stereocenters. The maximum absolute atomic E-state index is 14.7. The quantitative estimate of drug-likeness (QED) is 0.233. The zero-order valence-corrected chi connectivity index (χ0v) is 24.4.